The number of benzene rings is 2. The van der Waals surface area contributed by atoms with Gasteiger partial charge in [-0.15, -0.1) is 0 Å². The van der Waals surface area contributed by atoms with Crippen LogP contribution in [-0.2, 0) is 0 Å². The SMILES string of the molecule is CCCCOc1ccc(NC(=O)NN=Cc2ccc(O)c(OCC)c2)cc1. The van der Waals surface area contributed by atoms with Crippen molar-refractivity contribution < 1.29 is 19.4 Å². The quantitative estimate of drug-likeness (QED) is 0.351. The second kappa shape index (κ2) is 10.7. The molecule has 2 rings (SSSR count). The second-order valence-corrected chi connectivity index (χ2v) is 5.71. The van der Waals surface area contributed by atoms with E-state index in [-0.39, 0.29) is 5.75 Å². The molecule has 2 amide bonds. The van der Waals surface area contributed by atoms with E-state index in [1.165, 1.54) is 12.3 Å². The third kappa shape index (κ3) is 6.89. The first-order valence-electron chi connectivity index (χ1n) is 8.91. The number of ether oxygens (including phenoxy) is 2. The van der Waals surface area contributed by atoms with Crippen LogP contribution >= 0.6 is 0 Å². The number of hydrogen-bond donors (Lipinski definition) is 3. The molecule has 3 N–H and O–H groups in total. The van der Waals surface area contributed by atoms with E-state index < -0.39 is 6.03 Å². The van der Waals surface area contributed by atoms with Crippen molar-refractivity contribution in [2.75, 3.05) is 18.5 Å². The van der Waals surface area contributed by atoms with Gasteiger partial charge in [-0.25, -0.2) is 10.2 Å². The van der Waals surface area contributed by atoms with Crippen LogP contribution in [0.1, 0.15) is 32.3 Å². The van der Waals surface area contributed by atoms with Gasteiger partial charge in [0.1, 0.15) is 5.75 Å². The second-order valence-electron chi connectivity index (χ2n) is 5.71. The van der Waals surface area contributed by atoms with E-state index in [1.54, 1.807) is 36.4 Å². The van der Waals surface area contributed by atoms with Crippen molar-refractivity contribution in [3.8, 4) is 17.2 Å². The van der Waals surface area contributed by atoms with Crippen molar-refractivity contribution in [2.24, 2.45) is 5.10 Å². The monoisotopic (exact) mass is 371 g/mol. The number of hydrogen-bond acceptors (Lipinski definition) is 5. The van der Waals surface area contributed by atoms with Gasteiger partial charge in [-0.3, -0.25) is 0 Å². The lowest BCUT2D eigenvalue weighted by atomic mass is 10.2. The lowest BCUT2D eigenvalue weighted by Gasteiger charge is -2.08. The molecule has 0 bridgehead atoms. The zero-order valence-electron chi connectivity index (χ0n) is 15.6. The molecule has 27 heavy (non-hydrogen) atoms. The smallest absolute Gasteiger partial charge is 0.339 e. The summed E-state index contributed by atoms with van der Waals surface area (Å²) in [5.74, 6) is 1.19. The summed E-state index contributed by atoms with van der Waals surface area (Å²) in [6.07, 6.45) is 3.55. The molecule has 2 aromatic carbocycles. The Bertz CT molecular complexity index is 760. The molecule has 0 radical (unpaired) electrons. The number of unbranched alkanes of at least 4 members (excludes halogenated alkanes) is 1. The van der Waals surface area contributed by atoms with Crippen LogP contribution in [0.25, 0.3) is 0 Å². The fourth-order valence-electron chi connectivity index (χ4n) is 2.18. The molecular weight excluding hydrogens is 346 g/mol. The van der Waals surface area contributed by atoms with E-state index >= 15 is 0 Å². The van der Waals surface area contributed by atoms with E-state index in [4.69, 9.17) is 9.47 Å². The van der Waals surface area contributed by atoms with Crippen LogP contribution in [-0.4, -0.2) is 30.6 Å². The Morgan fingerprint density at radius 3 is 2.63 bits per heavy atom. The van der Waals surface area contributed by atoms with Crippen LogP contribution in [0.4, 0.5) is 10.5 Å². The maximum Gasteiger partial charge on any atom is 0.339 e. The molecule has 0 aromatic heterocycles. The minimum Gasteiger partial charge on any atom is -0.504 e. The lowest BCUT2D eigenvalue weighted by molar-refractivity contribution is 0.252. The Hall–Kier alpha value is -3.22. The third-order valence-corrected chi connectivity index (χ3v) is 3.54. The van der Waals surface area contributed by atoms with Crippen molar-refractivity contribution in [1.29, 1.82) is 0 Å². The number of rotatable bonds is 9. The molecule has 0 aliphatic heterocycles. The van der Waals surface area contributed by atoms with Crippen molar-refractivity contribution in [3.05, 3.63) is 48.0 Å². The van der Waals surface area contributed by atoms with Gasteiger partial charge in [0.05, 0.1) is 19.4 Å². The van der Waals surface area contributed by atoms with Crippen LogP contribution in [0.3, 0.4) is 0 Å². The zero-order chi connectivity index (χ0) is 19.5. The average molecular weight is 371 g/mol. The fourth-order valence-corrected chi connectivity index (χ4v) is 2.18. The maximum atomic E-state index is 11.9. The predicted molar refractivity (Wildman–Crippen MR) is 106 cm³/mol. The fraction of sp³-hybridized carbons (Fsp3) is 0.300. The van der Waals surface area contributed by atoms with Crippen molar-refractivity contribution in [1.82, 2.24) is 5.43 Å². The first-order valence-corrected chi connectivity index (χ1v) is 8.91. The number of hydrazone groups is 1. The molecule has 0 fully saturated rings. The van der Waals surface area contributed by atoms with Gasteiger partial charge in [-0.1, -0.05) is 13.3 Å². The molecule has 0 unspecified atom stereocenters. The standard InChI is InChI=1S/C20H25N3O4/c1-3-5-12-27-17-9-7-16(8-10-17)22-20(25)23-21-14-15-6-11-18(24)19(13-15)26-4-2/h6-11,13-14,24H,3-5,12H2,1-2H3,(H2,22,23,25). The van der Waals surface area contributed by atoms with Crippen LogP contribution in [0.5, 0.6) is 17.2 Å². The molecule has 0 saturated heterocycles. The van der Waals surface area contributed by atoms with Crippen molar-refractivity contribution in [3.63, 3.8) is 0 Å². The summed E-state index contributed by atoms with van der Waals surface area (Å²) < 4.78 is 10.9. The minimum absolute atomic E-state index is 0.0572. The summed E-state index contributed by atoms with van der Waals surface area (Å²) >= 11 is 0. The molecule has 0 aliphatic rings. The molecule has 7 nitrogen and oxygen atoms in total. The van der Waals surface area contributed by atoms with E-state index in [0.717, 1.165) is 18.6 Å². The van der Waals surface area contributed by atoms with Gasteiger partial charge in [0.2, 0.25) is 0 Å². The van der Waals surface area contributed by atoms with Gasteiger partial charge >= 0.3 is 6.03 Å². The number of aromatic hydroxyl groups is 1. The minimum atomic E-state index is -0.463. The third-order valence-electron chi connectivity index (χ3n) is 3.54. The Kier molecular flexibility index (Phi) is 7.96. The van der Waals surface area contributed by atoms with E-state index in [2.05, 4.69) is 22.8 Å². The molecule has 0 heterocycles. The largest absolute Gasteiger partial charge is 0.504 e. The molecule has 0 spiro atoms. The molecule has 144 valence electrons. The number of phenols is 1. The highest BCUT2D eigenvalue weighted by atomic mass is 16.5. The lowest BCUT2D eigenvalue weighted by Crippen LogP contribution is -2.24. The topological polar surface area (TPSA) is 92.2 Å². The van der Waals surface area contributed by atoms with Gasteiger partial charge < -0.3 is 19.9 Å². The molecule has 0 saturated carbocycles. The first kappa shape index (κ1) is 20.1. The van der Waals surface area contributed by atoms with Gasteiger partial charge in [-0.05, 0) is 61.4 Å². The van der Waals surface area contributed by atoms with Gasteiger partial charge in [0.25, 0.3) is 0 Å². The van der Waals surface area contributed by atoms with E-state index in [1.807, 2.05) is 6.92 Å². The predicted octanol–water partition coefficient (Wildman–Crippen LogP) is 4.13. The van der Waals surface area contributed by atoms with Crippen LogP contribution in [0.15, 0.2) is 47.6 Å². The van der Waals surface area contributed by atoms with Crippen molar-refractivity contribution in [2.45, 2.75) is 26.7 Å². The Labute approximate surface area is 159 Å². The number of carbonyl (C=O) groups excluding carboxylic acids is 1. The number of nitrogens with one attached hydrogen (secondary N) is 2. The Balaban J connectivity index is 1.83. The van der Waals surface area contributed by atoms with Crippen LogP contribution in [0, 0.1) is 0 Å². The highest BCUT2D eigenvalue weighted by Gasteiger charge is 2.03. The number of phenolic OH excluding ortho intramolecular Hbond substituents is 1. The number of urea groups is 1. The number of carbonyl (C=O) groups is 1. The average Bonchev–Trinajstić information content (AvgIpc) is 2.66. The Morgan fingerprint density at radius 1 is 1.15 bits per heavy atom. The van der Waals surface area contributed by atoms with Gasteiger partial charge in [0, 0.05) is 5.69 Å². The summed E-state index contributed by atoms with van der Waals surface area (Å²) in [5.41, 5.74) is 3.71. The molecular formula is C20H25N3O4. The highest BCUT2D eigenvalue weighted by Crippen LogP contribution is 2.26. The summed E-state index contributed by atoms with van der Waals surface area (Å²) in [7, 11) is 0. The molecule has 0 aliphatic carbocycles. The summed E-state index contributed by atoms with van der Waals surface area (Å²) in [5, 5.41) is 16.2. The van der Waals surface area contributed by atoms with Crippen LogP contribution in [0.2, 0.25) is 0 Å². The zero-order valence-corrected chi connectivity index (χ0v) is 15.6. The number of amides is 2. The molecule has 2 aromatic rings. The number of anilines is 1. The summed E-state index contributed by atoms with van der Waals surface area (Å²) in [6.45, 7) is 5.06. The van der Waals surface area contributed by atoms with Crippen LogP contribution < -0.4 is 20.2 Å². The van der Waals surface area contributed by atoms with E-state index in [0.29, 0.717) is 30.2 Å². The molecule has 0 atom stereocenters. The van der Waals surface area contributed by atoms with Crippen molar-refractivity contribution >= 4 is 17.9 Å². The van der Waals surface area contributed by atoms with E-state index in [9.17, 15) is 9.90 Å². The maximum absolute atomic E-state index is 11.9. The number of nitrogens with zero attached hydrogens (tertiary/aromatic N) is 1. The first-order chi connectivity index (χ1) is 13.1. The Morgan fingerprint density at radius 2 is 1.93 bits per heavy atom. The van der Waals surface area contributed by atoms with Gasteiger partial charge in [0.15, 0.2) is 11.5 Å². The summed E-state index contributed by atoms with van der Waals surface area (Å²) in [6, 6.07) is 11.5. The summed E-state index contributed by atoms with van der Waals surface area (Å²) in [4.78, 5) is 11.9. The van der Waals surface area contributed by atoms with Gasteiger partial charge in [-0.2, -0.15) is 5.10 Å². The highest BCUT2D eigenvalue weighted by molar-refractivity contribution is 5.90. The normalized spacial score (nSPS) is 10.6. The molecule has 7 heteroatoms.